The molecule has 0 spiro atoms. The van der Waals surface area contributed by atoms with Crippen molar-refractivity contribution in [3.63, 3.8) is 0 Å². The molecule has 0 aliphatic rings. The van der Waals surface area contributed by atoms with Crippen LogP contribution in [0.1, 0.15) is 11.4 Å². The largest absolute Gasteiger partial charge is 0.281 e. The van der Waals surface area contributed by atoms with Crippen molar-refractivity contribution in [2.75, 3.05) is 0 Å². The Morgan fingerprint density at radius 1 is 0.917 bits per heavy atom. The zero-order valence-corrected chi connectivity index (χ0v) is 13.3. The first-order valence-electron chi connectivity index (χ1n) is 7.75. The third-order valence-corrected chi connectivity index (χ3v) is 4.04. The molecule has 3 heterocycles. The molecule has 4 rings (SSSR count). The van der Waals surface area contributed by atoms with Crippen molar-refractivity contribution >= 4 is 17.2 Å². The molecule has 4 heteroatoms. The van der Waals surface area contributed by atoms with Crippen molar-refractivity contribution in [2.45, 2.75) is 6.92 Å². The Kier molecular flexibility index (Phi) is 3.43. The molecule has 0 saturated heterocycles. The zero-order valence-electron chi connectivity index (χ0n) is 13.3. The van der Waals surface area contributed by atoms with Crippen LogP contribution < -0.4 is 0 Å². The molecule has 1 aromatic carbocycles. The third-order valence-electron chi connectivity index (χ3n) is 4.04. The lowest BCUT2D eigenvalue weighted by atomic mass is 10.2. The van der Waals surface area contributed by atoms with Crippen LogP contribution >= 0.6 is 0 Å². The first-order chi connectivity index (χ1) is 11.8. The van der Waals surface area contributed by atoms with Crippen LogP contribution in [0.2, 0.25) is 0 Å². The number of imidazole rings is 1. The van der Waals surface area contributed by atoms with Crippen molar-refractivity contribution in [3.8, 4) is 16.9 Å². The van der Waals surface area contributed by atoms with Gasteiger partial charge in [-0.25, -0.2) is 9.97 Å². The predicted octanol–water partition coefficient (Wildman–Crippen LogP) is 4.43. The van der Waals surface area contributed by atoms with Crippen LogP contribution in [0.15, 0.2) is 67.5 Å². The Balaban J connectivity index is 1.91. The van der Waals surface area contributed by atoms with Gasteiger partial charge in [0.2, 0.25) is 0 Å². The number of rotatable bonds is 3. The molecule has 4 aromatic rings. The maximum absolute atomic E-state index is 4.84. The van der Waals surface area contributed by atoms with Crippen LogP contribution in [0.3, 0.4) is 0 Å². The van der Waals surface area contributed by atoms with Crippen molar-refractivity contribution in [3.05, 3.63) is 78.9 Å². The van der Waals surface area contributed by atoms with E-state index < -0.39 is 0 Å². The fourth-order valence-corrected chi connectivity index (χ4v) is 2.82. The van der Waals surface area contributed by atoms with Gasteiger partial charge in [-0.15, -0.1) is 0 Å². The van der Waals surface area contributed by atoms with Gasteiger partial charge in [-0.3, -0.25) is 9.55 Å². The molecule has 0 bridgehead atoms. The first-order valence-corrected chi connectivity index (χ1v) is 7.75. The minimum atomic E-state index is 0.855. The van der Waals surface area contributed by atoms with E-state index in [1.54, 1.807) is 12.4 Å². The van der Waals surface area contributed by atoms with Crippen LogP contribution in [0.5, 0.6) is 0 Å². The number of fused-ring (bicyclic) bond motifs is 1. The first kappa shape index (κ1) is 14.3. The zero-order chi connectivity index (χ0) is 16.5. The van der Waals surface area contributed by atoms with E-state index in [4.69, 9.17) is 4.98 Å². The highest BCUT2D eigenvalue weighted by molar-refractivity contribution is 5.78. The van der Waals surface area contributed by atoms with Crippen molar-refractivity contribution < 1.29 is 0 Å². The summed E-state index contributed by atoms with van der Waals surface area (Å²) in [5.74, 6) is 0.913. The van der Waals surface area contributed by atoms with E-state index in [-0.39, 0.29) is 0 Å². The molecular weight excluding hydrogens is 296 g/mol. The number of hydrogen-bond acceptors (Lipinski definition) is 3. The average Bonchev–Trinajstić information content (AvgIpc) is 2.97. The van der Waals surface area contributed by atoms with Gasteiger partial charge in [-0.05, 0) is 48.9 Å². The van der Waals surface area contributed by atoms with Gasteiger partial charge >= 0.3 is 0 Å². The highest BCUT2D eigenvalue weighted by Crippen LogP contribution is 2.24. The Hall–Kier alpha value is -3.27. The molecule has 4 nitrogen and oxygen atoms in total. The molecule has 0 atom stereocenters. The maximum atomic E-state index is 4.84. The summed E-state index contributed by atoms with van der Waals surface area (Å²) >= 11 is 0. The van der Waals surface area contributed by atoms with E-state index in [2.05, 4.69) is 33.2 Å². The summed E-state index contributed by atoms with van der Waals surface area (Å²) in [5.41, 5.74) is 5.82. The standard InChI is InChI=1S/C20H16N4/c1-3-15-4-6-17(7-5-15)24-14(2)22-19-9-8-18(23-20(19)24)16-10-12-21-13-11-16/h3-13H,1H2,2H3. The summed E-state index contributed by atoms with van der Waals surface area (Å²) in [6, 6.07) is 16.1. The minimum absolute atomic E-state index is 0.855. The number of nitrogens with zero attached hydrogens (tertiary/aromatic N) is 4. The second-order valence-corrected chi connectivity index (χ2v) is 5.57. The summed E-state index contributed by atoms with van der Waals surface area (Å²) < 4.78 is 2.08. The number of aromatic nitrogens is 4. The van der Waals surface area contributed by atoms with E-state index in [1.807, 2.05) is 49.4 Å². The van der Waals surface area contributed by atoms with Crippen LogP contribution in [-0.2, 0) is 0 Å². The number of benzene rings is 1. The molecule has 3 aromatic heterocycles. The molecule has 0 radical (unpaired) electrons. The van der Waals surface area contributed by atoms with Gasteiger partial charge in [0.1, 0.15) is 11.3 Å². The number of aryl methyl sites for hydroxylation is 1. The predicted molar refractivity (Wildman–Crippen MR) is 96.9 cm³/mol. The fraction of sp³-hybridized carbons (Fsp3) is 0.0500. The molecule has 0 N–H and O–H groups in total. The smallest absolute Gasteiger partial charge is 0.165 e. The van der Waals surface area contributed by atoms with E-state index in [0.717, 1.165) is 39.5 Å². The molecule has 0 fully saturated rings. The normalized spacial score (nSPS) is 10.9. The summed E-state index contributed by atoms with van der Waals surface area (Å²) in [6.07, 6.45) is 5.39. The topological polar surface area (TPSA) is 43.6 Å². The van der Waals surface area contributed by atoms with Crippen LogP contribution in [0.4, 0.5) is 0 Å². The molecular formula is C20H16N4. The summed E-state index contributed by atoms with van der Waals surface area (Å²) in [5, 5.41) is 0. The van der Waals surface area contributed by atoms with Crippen LogP contribution in [0.25, 0.3) is 34.2 Å². The Morgan fingerprint density at radius 3 is 2.38 bits per heavy atom. The van der Waals surface area contributed by atoms with Gasteiger partial charge < -0.3 is 0 Å². The van der Waals surface area contributed by atoms with Crippen LogP contribution in [0, 0.1) is 6.92 Å². The van der Waals surface area contributed by atoms with Crippen molar-refractivity contribution in [2.24, 2.45) is 0 Å². The molecule has 0 unspecified atom stereocenters. The molecule has 0 aliphatic heterocycles. The lowest BCUT2D eigenvalue weighted by Crippen LogP contribution is -1.98. The number of hydrogen-bond donors (Lipinski definition) is 0. The van der Waals surface area contributed by atoms with E-state index >= 15 is 0 Å². The van der Waals surface area contributed by atoms with Crippen LogP contribution in [-0.4, -0.2) is 19.5 Å². The minimum Gasteiger partial charge on any atom is -0.281 e. The summed E-state index contributed by atoms with van der Waals surface area (Å²) in [4.78, 5) is 13.5. The summed E-state index contributed by atoms with van der Waals surface area (Å²) in [6.45, 7) is 5.79. The van der Waals surface area contributed by atoms with Gasteiger partial charge in [-0.2, -0.15) is 0 Å². The van der Waals surface area contributed by atoms with Crippen molar-refractivity contribution in [1.82, 2.24) is 19.5 Å². The van der Waals surface area contributed by atoms with E-state index in [9.17, 15) is 0 Å². The molecule has 0 aliphatic carbocycles. The molecule has 116 valence electrons. The summed E-state index contributed by atoms with van der Waals surface area (Å²) in [7, 11) is 0. The molecule has 24 heavy (non-hydrogen) atoms. The number of pyridine rings is 2. The second-order valence-electron chi connectivity index (χ2n) is 5.57. The van der Waals surface area contributed by atoms with Gasteiger partial charge in [-0.1, -0.05) is 24.8 Å². The molecule has 0 amide bonds. The highest BCUT2D eigenvalue weighted by atomic mass is 15.1. The Bertz CT molecular complexity index is 1010. The monoisotopic (exact) mass is 312 g/mol. The Labute approximate surface area is 140 Å². The average molecular weight is 312 g/mol. The van der Waals surface area contributed by atoms with Crippen molar-refractivity contribution in [1.29, 1.82) is 0 Å². The van der Waals surface area contributed by atoms with E-state index in [1.165, 1.54) is 0 Å². The van der Waals surface area contributed by atoms with Gasteiger partial charge in [0.15, 0.2) is 5.65 Å². The second kappa shape index (κ2) is 5.74. The van der Waals surface area contributed by atoms with Gasteiger partial charge in [0, 0.05) is 23.6 Å². The fourth-order valence-electron chi connectivity index (χ4n) is 2.82. The quantitative estimate of drug-likeness (QED) is 0.562. The molecule has 0 saturated carbocycles. The third kappa shape index (κ3) is 2.38. The maximum Gasteiger partial charge on any atom is 0.165 e. The lowest BCUT2D eigenvalue weighted by Gasteiger charge is -2.08. The Morgan fingerprint density at radius 2 is 1.67 bits per heavy atom. The van der Waals surface area contributed by atoms with E-state index in [0.29, 0.717) is 0 Å². The van der Waals surface area contributed by atoms with Gasteiger partial charge in [0.05, 0.1) is 5.69 Å². The van der Waals surface area contributed by atoms with Gasteiger partial charge in [0.25, 0.3) is 0 Å². The SMILES string of the molecule is C=Cc1ccc(-n2c(C)nc3ccc(-c4ccncc4)nc32)cc1. The highest BCUT2D eigenvalue weighted by Gasteiger charge is 2.12. The lowest BCUT2D eigenvalue weighted by molar-refractivity contribution is 0.987.